The Balaban J connectivity index is 1.90. The number of carbonyl (C=O) groups excluding carboxylic acids is 2. The quantitative estimate of drug-likeness (QED) is 0.200. The Hall–Kier alpha value is -4.18. The van der Waals surface area contributed by atoms with E-state index in [2.05, 4.69) is 4.74 Å². The van der Waals surface area contributed by atoms with E-state index in [-0.39, 0.29) is 30.9 Å². The van der Waals surface area contributed by atoms with Crippen molar-refractivity contribution in [2.24, 2.45) is 0 Å². The van der Waals surface area contributed by atoms with Crippen LogP contribution in [-0.4, -0.2) is 36.1 Å². The first kappa shape index (κ1) is 27.8. The van der Waals surface area contributed by atoms with E-state index >= 15 is 0 Å². The van der Waals surface area contributed by atoms with Gasteiger partial charge in [-0.25, -0.2) is 4.79 Å². The van der Waals surface area contributed by atoms with Crippen molar-refractivity contribution in [2.45, 2.75) is 26.6 Å². The van der Waals surface area contributed by atoms with Crippen LogP contribution in [0.2, 0.25) is 5.02 Å². The highest BCUT2D eigenvalue weighted by Gasteiger charge is 2.31. The maximum absolute atomic E-state index is 13.2. The minimum absolute atomic E-state index is 0.0759. The molecule has 7 nitrogen and oxygen atoms in total. The second kappa shape index (κ2) is 11.7. The Bertz CT molecular complexity index is 1500. The standard InChI is InChI=1S/C28H23ClF3NO6/c1-3-36-25(34)16-24-26(27(35)37-4-2)22-15-21(38-20-7-5-6-17(29)14-20)12-13-23(22)33(24)18-8-10-19(11-9-18)39-28(30,31)32/h5-15H,3-4,16H2,1-2H3. The second-order valence-corrected chi connectivity index (χ2v) is 8.58. The molecule has 4 aromatic rings. The molecule has 0 aliphatic carbocycles. The van der Waals surface area contributed by atoms with Gasteiger partial charge >= 0.3 is 18.3 Å². The predicted octanol–water partition coefficient (Wildman–Crippen LogP) is 7.26. The van der Waals surface area contributed by atoms with E-state index in [4.69, 9.17) is 25.8 Å². The molecule has 0 spiro atoms. The molecule has 0 aliphatic rings. The van der Waals surface area contributed by atoms with Crippen LogP contribution in [0.4, 0.5) is 13.2 Å². The number of rotatable bonds is 9. The number of aromatic nitrogens is 1. The summed E-state index contributed by atoms with van der Waals surface area (Å²) in [5.74, 6) is -0.857. The van der Waals surface area contributed by atoms with E-state index in [0.29, 0.717) is 33.1 Å². The Morgan fingerprint density at radius 3 is 2.18 bits per heavy atom. The molecule has 0 N–H and O–H groups in total. The number of ether oxygens (including phenoxy) is 4. The number of fused-ring (bicyclic) bond motifs is 1. The normalized spacial score (nSPS) is 11.3. The average Bonchev–Trinajstić information content (AvgIpc) is 3.16. The van der Waals surface area contributed by atoms with Crippen molar-refractivity contribution in [3.8, 4) is 22.9 Å². The molecule has 0 saturated heterocycles. The molecule has 0 fully saturated rings. The molecular formula is C28H23ClF3NO6. The Labute approximate surface area is 226 Å². The van der Waals surface area contributed by atoms with Crippen LogP contribution in [0.1, 0.15) is 29.9 Å². The molecule has 0 radical (unpaired) electrons. The lowest BCUT2D eigenvalue weighted by atomic mass is 10.1. The van der Waals surface area contributed by atoms with Gasteiger partial charge in [0.1, 0.15) is 17.2 Å². The van der Waals surface area contributed by atoms with Gasteiger partial charge in [0, 0.05) is 21.8 Å². The van der Waals surface area contributed by atoms with Gasteiger partial charge < -0.3 is 23.5 Å². The molecule has 11 heteroatoms. The summed E-state index contributed by atoms with van der Waals surface area (Å²) in [5, 5.41) is 0.879. The highest BCUT2D eigenvalue weighted by Crippen LogP contribution is 2.36. The number of carbonyl (C=O) groups is 2. The summed E-state index contributed by atoms with van der Waals surface area (Å²) in [7, 11) is 0. The maximum Gasteiger partial charge on any atom is 0.573 e. The van der Waals surface area contributed by atoms with E-state index in [1.165, 1.54) is 12.1 Å². The number of benzene rings is 3. The van der Waals surface area contributed by atoms with Gasteiger partial charge in [0.25, 0.3) is 0 Å². The zero-order chi connectivity index (χ0) is 28.2. The van der Waals surface area contributed by atoms with Crippen molar-refractivity contribution >= 4 is 34.4 Å². The third kappa shape index (κ3) is 6.64. The van der Waals surface area contributed by atoms with Gasteiger partial charge in [-0.2, -0.15) is 0 Å². The van der Waals surface area contributed by atoms with Crippen LogP contribution in [-0.2, 0) is 20.7 Å². The van der Waals surface area contributed by atoms with Crippen LogP contribution in [0, 0.1) is 0 Å². The molecule has 1 heterocycles. The summed E-state index contributed by atoms with van der Waals surface area (Å²) in [5.41, 5.74) is 1.21. The highest BCUT2D eigenvalue weighted by molar-refractivity contribution is 6.30. The first-order chi connectivity index (χ1) is 18.6. The summed E-state index contributed by atoms with van der Waals surface area (Å²) >= 11 is 6.06. The van der Waals surface area contributed by atoms with Gasteiger partial charge in [0.2, 0.25) is 0 Å². The van der Waals surface area contributed by atoms with Gasteiger partial charge in [-0.3, -0.25) is 4.79 Å². The van der Waals surface area contributed by atoms with Crippen molar-refractivity contribution in [3.05, 3.63) is 83.0 Å². The van der Waals surface area contributed by atoms with Crippen LogP contribution in [0.5, 0.6) is 17.2 Å². The minimum atomic E-state index is -4.85. The van der Waals surface area contributed by atoms with E-state index in [1.54, 1.807) is 60.9 Å². The molecule has 0 unspecified atom stereocenters. The molecule has 0 aliphatic heterocycles. The van der Waals surface area contributed by atoms with Crippen molar-refractivity contribution in [3.63, 3.8) is 0 Å². The lowest BCUT2D eigenvalue weighted by Gasteiger charge is -2.14. The fourth-order valence-electron chi connectivity index (χ4n) is 4.09. The van der Waals surface area contributed by atoms with Crippen molar-refractivity contribution in [1.82, 2.24) is 4.57 Å². The molecule has 204 valence electrons. The third-order valence-corrected chi connectivity index (χ3v) is 5.73. The number of nitrogens with zero attached hydrogens (tertiary/aromatic N) is 1. The average molecular weight is 562 g/mol. The van der Waals surface area contributed by atoms with Crippen LogP contribution < -0.4 is 9.47 Å². The zero-order valence-corrected chi connectivity index (χ0v) is 21.6. The van der Waals surface area contributed by atoms with Gasteiger partial charge in [-0.15, -0.1) is 13.2 Å². The SMILES string of the molecule is CCOC(=O)Cc1c(C(=O)OCC)c2cc(Oc3cccc(Cl)c3)ccc2n1-c1ccc(OC(F)(F)F)cc1. The smallest absolute Gasteiger partial charge is 0.466 e. The lowest BCUT2D eigenvalue weighted by molar-refractivity contribution is -0.274. The maximum atomic E-state index is 13.2. The first-order valence-electron chi connectivity index (χ1n) is 11.9. The number of alkyl halides is 3. The van der Waals surface area contributed by atoms with Crippen LogP contribution in [0.3, 0.4) is 0 Å². The summed E-state index contributed by atoms with van der Waals surface area (Å²) in [6.07, 6.45) is -5.16. The summed E-state index contributed by atoms with van der Waals surface area (Å²) < 4.78 is 60.0. The largest absolute Gasteiger partial charge is 0.573 e. The van der Waals surface area contributed by atoms with E-state index in [0.717, 1.165) is 12.1 Å². The van der Waals surface area contributed by atoms with Crippen LogP contribution in [0.15, 0.2) is 66.7 Å². The first-order valence-corrected chi connectivity index (χ1v) is 12.3. The molecule has 3 aromatic carbocycles. The van der Waals surface area contributed by atoms with Crippen LogP contribution in [0.25, 0.3) is 16.6 Å². The summed E-state index contributed by atoms with van der Waals surface area (Å²) in [6.45, 7) is 3.50. The zero-order valence-electron chi connectivity index (χ0n) is 20.9. The highest BCUT2D eigenvalue weighted by atomic mass is 35.5. The van der Waals surface area contributed by atoms with Crippen molar-refractivity contribution < 1.29 is 41.7 Å². The van der Waals surface area contributed by atoms with Crippen molar-refractivity contribution in [2.75, 3.05) is 13.2 Å². The Kier molecular flexibility index (Phi) is 8.35. The summed E-state index contributed by atoms with van der Waals surface area (Å²) in [4.78, 5) is 25.8. The molecule has 0 bridgehead atoms. The monoisotopic (exact) mass is 561 g/mol. The van der Waals surface area contributed by atoms with Gasteiger partial charge in [0.15, 0.2) is 0 Å². The number of halogens is 4. The molecule has 39 heavy (non-hydrogen) atoms. The molecule has 1 aromatic heterocycles. The number of esters is 2. The molecule has 0 amide bonds. The van der Waals surface area contributed by atoms with Crippen molar-refractivity contribution in [1.29, 1.82) is 0 Å². The predicted molar refractivity (Wildman–Crippen MR) is 138 cm³/mol. The fraction of sp³-hybridized carbons (Fsp3) is 0.214. The summed E-state index contributed by atoms with van der Waals surface area (Å²) in [6, 6.07) is 16.8. The topological polar surface area (TPSA) is 76.0 Å². The van der Waals surface area contributed by atoms with Gasteiger partial charge in [-0.05, 0) is 74.5 Å². The lowest BCUT2D eigenvalue weighted by Crippen LogP contribution is -2.17. The fourth-order valence-corrected chi connectivity index (χ4v) is 4.27. The minimum Gasteiger partial charge on any atom is -0.466 e. The molecular weight excluding hydrogens is 539 g/mol. The third-order valence-electron chi connectivity index (χ3n) is 5.49. The van der Waals surface area contributed by atoms with E-state index in [9.17, 15) is 22.8 Å². The van der Waals surface area contributed by atoms with Crippen LogP contribution >= 0.6 is 11.6 Å². The van der Waals surface area contributed by atoms with Gasteiger partial charge in [0.05, 0.1) is 30.7 Å². The van der Waals surface area contributed by atoms with E-state index in [1.807, 2.05) is 0 Å². The van der Waals surface area contributed by atoms with Gasteiger partial charge in [-0.1, -0.05) is 17.7 Å². The Morgan fingerprint density at radius 2 is 1.54 bits per heavy atom. The number of hydrogen-bond acceptors (Lipinski definition) is 6. The molecule has 0 atom stereocenters. The second-order valence-electron chi connectivity index (χ2n) is 8.14. The van der Waals surface area contributed by atoms with E-state index < -0.39 is 24.1 Å². The Morgan fingerprint density at radius 1 is 0.872 bits per heavy atom. The number of hydrogen-bond donors (Lipinski definition) is 0. The molecule has 4 rings (SSSR count). The molecule has 0 saturated carbocycles.